The van der Waals surface area contributed by atoms with Crippen LogP contribution in [-0.2, 0) is 11.3 Å². The SMILES string of the molecule is CCOC(=O)c1ccccc1Nc1cc(C(=O)NCc2ccco2)nc(C)n1. The summed E-state index contributed by atoms with van der Waals surface area (Å²) in [5.41, 5.74) is 1.11. The number of nitrogens with zero attached hydrogens (tertiary/aromatic N) is 2. The van der Waals surface area contributed by atoms with E-state index >= 15 is 0 Å². The number of aryl methyl sites for hydroxylation is 1. The van der Waals surface area contributed by atoms with Crippen LogP contribution in [0.3, 0.4) is 0 Å². The van der Waals surface area contributed by atoms with Crippen molar-refractivity contribution in [2.75, 3.05) is 11.9 Å². The normalized spacial score (nSPS) is 10.4. The molecular formula is C20H20N4O4. The van der Waals surface area contributed by atoms with Crippen molar-refractivity contribution in [1.29, 1.82) is 0 Å². The number of esters is 1. The molecule has 0 saturated carbocycles. The van der Waals surface area contributed by atoms with Crippen LogP contribution in [0.25, 0.3) is 0 Å². The van der Waals surface area contributed by atoms with Gasteiger partial charge in [-0.05, 0) is 38.1 Å². The molecule has 2 heterocycles. The lowest BCUT2D eigenvalue weighted by molar-refractivity contribution is 0.0527. The number of carbonyl (C=O) groups is 2. The van der Waals surface area contributed by atoms with Gasteiger partial charge in [0.25, 0.3) is 5.91 Å². The van der Waals surface area contributed by atoms with Crippen LogP contribution in [-0.4, -0.2) is 28.5 Å². The third-order valence-corrected chi connectivity index (χ3v) is 3.76. The fraction of sp³-hybridized carbons (Fsp3) is 0.200. The predicted molar refractivity (Wildman–Crippen MR) is 102 cm³/mol. The maximum Gasteiger partial charge on any atom is 0.340 e. The molecule has 2 N–H and O–H groups in total. The average molecular weight is 380 g/mol. The molecule has 0 radical (unpaired) electrons. The maximum absolute atomic E-state index is 12.4. The number of hydrogen-bond donors (Lipinski definition) is 2. The van der Waals surface area contributed by atoms with Crippen LogP contribution in [0.1, 0.15) is 39.4 Å². The highest BCUT2D eigenvalue weighted by Gasteiger charge is 2.15. The molecule has 0 spiro atoms. The predicted octanol–water partition coefficient (Wildman–Crippen LogP) is 3.23. The van der Waals surface area contributed by atoms with Crippen molar-refractivity contribution in [2.45, 2.75) is 20.4 Å². The molecule has 2 aromatic heterocycles. The summed E-state index contributed by atoms with van der Waals surface area (Å²) in [7, 11) is 0. The summed E-state index contributed by atoms with van der Waals surface area (Å²) in [5.74, 6) is 0.659. The number of ether oxygens (including phenoxy) is 1. The summed E-state index contributed by atoms with van der Waals surface area (Å²) >= 11 is 0. The number of para-hydroxylation sites is 1. The Labute approximate surface area is 162 Å². The van der Waals surface area contributed by atoms with Crippen LogP contribution in [0.15, 0.2) is 53.1 Å². The Balaban J connectivity index is 1.78. The monoisotopic (exact) mass is 380 g/mol. The third kappa shape index (κ3) is 4.73. The number of aromatic nitrogens is 2. The molecule has 0 aliphatic heterocycles. The summed E-state index contributed by atoms with van der Waals surface area (Å²) < 4.78 is 10.3. The molecular weight excluding hydrogens is 360 g/mol. The molecule has 0 saturated heterocycles. The van der Waals surface area contributed by atoms with Gasteiger partial charge in [-0.2, -0.15) is 0 Å². The zero-order chi connectivity index (χ0) is 19.9. The highest BCUT2D eigenvalue weighted by Crippen LogP contribution is 2.21. The Bertz CT molecular complexity index is 970. The van der Waals surface area contributed by atoms with Crippen LogP contribution >= 0.6 is 0 Å². The fourth-order valence-electron chi connectivity index (χ4n) is 2.54. The first-order valence-electron chi connectivity index (χ1n) is 8.76. The third-order valence-electron chi connectivity index (χ3n) is 3.76. The zero-order valence-corrected chi connectivity index (χ0v) is 15.6. The second-order valence-electron chi connectivity index (χ2n) is 5.84. The molecule has 1 aromatic carbocycles. The zero-order valence-electron chi connectivity index (χ0n) is 15.6. The van der Waals surface area contributed by atoms with Gasteiger partial charge in [0, 0.05) is 6.07 Å². The topological polar surface area (TPSA) is 106 Å². The van der Waals surface area contributed by atoms with Gasteiger partial charge in [-0.15, -0.1) is 0 Å². The number of carbonyl (C=O) groups excluding carboxylic acids is 2. The number of benzene rings is 1. The molecule has 3 aromatic rings. The van der Waals surface area contributed by atoms with E-state index in [1.165, 1.54) is 6.07 Å². The Morgan fingerprint density at radius 2 is 1.96 bits per heavy atom. The Hall–Kier alpha value is -3.68. The average Bonchev–Trinajstić information content (AvgIpc) is 3.20. The molecule has 0 bridgehead atoms. The summed E-state index contributed by atoms with van der Waals surface area (Å²) in [6, 6.07) is 12.0. The summed E-state index contributed by atoms with van der Waals surface area (Å²) in [4.78, 5) is 33.0. The number of nitrogens with one attached hydrogen (secondary N) is 2. The minimum atomic E-state index is -0.437. The van der Waals surface area contributed by atoms with Gasteiger partial charge in [-0.1, -0.05) is 12.1 Å². The second kappa shape index (κ2) is 8.81. The van der Waals surface area contributed by atoms with Crippen molar-refractivity contribution in [3.63, 3.8) is 0 Å². The molecule has 1 amide bonds. The van der Waals surface area contributed by atoms with Gasteiger partial charge in [-0.3, -0.25) is 4.79 Å². The van der Waals surface area contributed by atoms with Gasteiger partial charge in [0.15, 0.2) is 0 Å². The van der Waals surface area contributed by atoms with Crippen molar-refractivity contribution in [3.8, 4) is 0 Å². The second-order valence-corrected chi connectivity index (χ2v) is 5.84. The fourth-order valence-corrected chi connectivity index (χ4v) is 2.54. The quantitative estimate of drug-likeness (QED) is 0.606. The van der Waals surface area contributed by atoms with E-state index in [9.17, 15) is 9.59 Å². The molecule has 0 fully saturated rings. The number of anilines is 2. The van der Waals surface area contributed by atoms with E-state index in [1.54, 1.807) is 56.5 Å². The van der Waals surface area contributed by atoms with Crippen molar-refractivity contribution in [1.82, 2.24) is 15.3 Å². The molecule has 8 heteroatoms. The van der Waals surface area contributed by atoms with E-state index in [2.05, 4.69) is 20.6 Å². The first kappa shape index (κ1) is 19.1. The summed E-state index contributed by atoms with van der Waals surface area (Å²) in [6.45, 7) is 3.96. The number of hydrogen-bond acceptors (Lipinski definition) is 7. The van der Waals surface area contributed by atoms with Crippen LogP contribution < -0.4 is 10.6 Å². The number of furan rings is 1. The molecule has 8 nitrogen and oxygen atoms in total. The largest absolute Gasteiger partial charge is 0.467 e. The standard InChI is InChI=1S/C20H20N4O4/c1-3-27-20(26)15-8-4-5-9-16(15)24-18-11-17(22-13(2)23-18)19(25)21-12-14-7-6-10-28-14/h4-11H,3,12H2,1-2H3,(H,21,25)(H,22,23,24). The molecule has 144 valence electrons. The van der Waals surface area contributed by atoms with E-state index in [-0.39, 0.29) is 24.8 Å². The van der Waals surface area contributed by atoms with E-state index in [1.807, 2.05) is 0 Å². The molecule has 0 unspecified atom stereocenters. The van der Waals surface area contributed by atoms with Gasteiger partial charge in [-0.25, -0.2) is 14.8 Å². The van der Waals surface area contributed by atoms with Crippen LogP contribution in [0.2, 0.25) is 0 Å². The lowest BCUT2D eigenvalue weighted by Crippen LogP contribution is -2.24. The summed E-state index contributed by atoms with van der Waals surface area (Å²) in [5, 5.41) is 5.81. The summed E-state index contributed by atoms with van der Waals surface area (Å²) in [6.07, 6.45) is 1.54. The smallest absolute Gasteiger partial charge is 0.340 e. The van der Waals surface area contributed by atoms with Crippen molar-refractivity contribution in [2.24, 2.45) is 0 Å². The van der Waals surface area contributed by atoms with E-state index in [0.717, 1.165) is 0 Å². The van der Waals surface area contributed by atoms with E-state index in [0.29, 0.717) is 28.7 Å². The van der Waals surface area contributed by atoms with Crippen LogP contribution in [0, 0.1) is 6.92 Å². The van der Waals surface area contributed by atoms with Gasteiger partial charge < -0.3 is 19.8 Å². The first-order valence-corrected chi connectivity index (χ1v) is 8.76. The number of amides is 1. The van der Waals surface area contributed by atoms with Gasteiger partial charge in [0.1, 0.15) is 23.1 Å². The van der Waals surface area contributed by atoms with E-state index in [4.69, 9.17) is 9.15 Å². The molecule has 0 aliphatic carbocycles. The van der Waals surface area contributed by atoms with Crippen LogP contribution in [0.5, 0.6) is 0 Å². The van der Waals surface area contributed by atoms with Gasteiger partial charge in [0.05, 0.1) is 30.7 Å². The first-order chi connectivity index (χ1) is 13.6. The Kier molecular flexibility index (Phi) is 6.01. The molecule has 0 atom stereocenters. The minimum absolute atomic E-state index is 0.204. The lowest BCUT2D eigenvalue weighted by Gasteiger charge is -2.12. The van der Waals surface area contributed by atoms with Crippen molar-refractivity contribution < 1.29 is 18.7 Å². The molecule has 0 aliphatic rings. The maximum atomic E-state index is 12.4. The van der Waals surface area contributed by atoms with Crippen LogP contribution in [0.4, 0.5) is 11.5 Å². The molecule has 28 heavy (non-hydrogen) atoms. The Morgan fingerprint density at radius 1 is 1.14 bits per heavy atom. The van der Waals surface area contributed by atoms with E-state index < -0.39 is 5.97 Å². The number of rotatable bonds is 7. The Morgan fingerprint density at radius 3 is 2.71 bits per heavy atom. The van der Waals surface area contributed by atoms with Gasteiger partial charge >= 0.3 is 5.97 Å². The highest BCUT2D eigenvalue weighted by molar-refractivity contribution is 5.97. The molecule has 3 rings (SSSR count). The van der Waals surface area contributed by atoms with Gasteiger partial charge in [0.2, 0.25) is 0 Å². The highest BCUT2D eigenvalue weighted by atomic mass is 16.5. The minimum Gasteiger partial charge on any atom is -0.467 e. The van der Waals surface area contributed by atoms with Crippen molar-refractivity contribution >= 4 is 23.4 Å². The van der Waals surface area contributed by atoms with Crippen molar-refractivity contribution in [3.05, 3.63) is 71.6 Å². The lowest BCUT2D eigenvalue weighted by atomic mass is 10.2.